The Labute approximate surface area is 110 Å². The molecule has 0 spiro atoms. The van der Waals surface area contributed by atoms with Crippen molar-refractivity contribution in [2.75, 3.05) is 43.1 Å². The third kappa shape index (κ3) is 4.04. The van der Waals surface area contributed by atoms with E-state index < -0.39 is 4.92 Å². The lowest BCUT2D eigenvalue weighted by Gasteiger charge is -2.17. The summed E-state index contributed by atoms with van der Waals surface area (Å²) in [6.45, 7) is 2.88. The summed E-state index contributed by atoms with van der Waals surface area (Å²) in [5.41, 5.74) is 0.267. The van der Waals surface area contributed by atoms with E-state index in [9.17, 15) is 10.1 Å². The van der Waals surface area contributed by atoms with Crippen molar-refractivity contribution in [2.24, 2.45) is 0 Å². The number of nitrogens with zero attached hydrogens (tertiary/aromatic N) is 3. The Bertz CT molecular complexity index is 427. The van der Waals surface area contributed by atoms with Crippen molar-refractivity contribution in [1.82, 2.24) is 4.98 Å². The van der Waals surface area contributed by atoms with E-state index in [1.807, 2.05) is 6.92 Å². The van der Waals surface area contributed by atoms with Crippen LogP contribution in [0, 0.1) is 10.1 Å². The van der Waals surface area contributed by atoms with E-state index in [0.29, 0.717) is 18.9 Å². The molecular formula is C11H18N4O4. The monoisotopic (exact) mass is 270 g/mol. The molecule has 1 rings (SSSR count). The molecule has 0 aromatic carbocycles. The highest BCUT2D eigenvalue weighted by atomic mass is 16.6. The predicted octanol–water partition coefficient (Wildman–Crippen LogP) is 0.213. The molecule has 0 aliphatic heterocycles. The molecule has 8 nitrogen and oxygen atoms in total. The molecule has 0 unspecified atom stereocenters. The lowest BCUT2D eigenvalue weighted by Crippen LogP contribution is -2.27. The van der Waals surface area contributed by atoms with Crippen molar-refractivity contribution in [2.45, 2.75) is 6.92 Å². The summed E-state index contributed by atoms with van der Waals surface area (Å²) < 4.78 is 0. The molecule has 0 amide bonds. The molecule has 1 aromatic heterocycles. The first-order chi connectivity index (χ1) is 9.13. The maximum atomic E-state index is 11.0. The quantitative estimate of drug-likeness (QED) is 0.457. The lowest BCUT2D eigenvalue weighted by atomic mass is 10.3. The second kappa shape index (κ2) is 7.49. The van der Waals surface area contributed by atoms with Gasteiger partial charge in [0.2, 0.25) is 5.82 Å². The first-order valence-corrected chi connectivity index (χ1v) is 6.00. The van der Waals surface area contributed by atoms with Crippen LogP contribution in [-0.4, -0.2) is 53.0 Å². The smallest absolute Gasteiger partial charge is 0.389 e. The highest BCUT2D eigenvalue weighted by molar-refractivity contribution is 5.61. The Kier molecular flexibility index (Phi) is 5.97. The van der Waals surface area contributed by atoms with E-state index in [4.69, 9.17) is 10.2 Å². The van der Waals surface area contributed by atoms with Gasteiger partial charge in [0.15, 0.2) is 0 Å². The number of anilines is 2. The van der Waals surface area contributed by atoms with Crippen LogP contribution in [0.15, 0.2) is 12.1 Å². The maximum Gasteiger partial charge on any atom is 0.389 e. The number of aliphatic hydroxyl groups is 2. The third-order valence-corrected chi connectivity index (χ3v) is 2.54. The van der Waals surface area contributed by atoms with Gasteiger partial charge in [0.25, 0.3) is 0 Å². The molecule has 0 fully saturated rings. The van der Waals surface area contributed by atoms with Crippen LogP contribution in [-0.2, 0) is 0 Å². The predicted molar refractivity (Wildman–Crippen MR) is 71.4 cm³/mol. The summed E-state index contributed by atoms with van der Waals surface area (Å²) in [5, 5.41) is 31.4. The van der Waals surface area contributed by atoms with Crippen molar-refractivity contribution in [3.05, 3.63) is 22.2 Å². The number of nitrogens with one attached hydrogen (secondary N) is 1. The fourth-order valence-electron chi connectivity index (χ4n) is 1.64. The molecule has 1 heterocycles. The topological polar surface area (TPSA) is 112 Å². The number of aromatic nitrogens is 1. The minimum atomic E-state index is -0.573. The maximum absolute atomic E-state index is 11.0. The van der Waals surface area contributed by atoms with Crippen LogP contribution in [0.3, 0.4) is 0 Å². The molecule has 0 aliphatic carbocycles. The summed E-state index contributed by atoms with van der Waals surface area (Å²) in [6.07, 6.45) is 0. The van der Waals surface area contributed by atoms with Gasteiger partial charge in [-0.05, 0) is 22.9 Å². The van der Waals surface area contributed by atoms with Gasteiger partial charge in [-0.3, -0.25) is 0 Å². The molecule has 0 bridgehead atoms. The molecule has 0 saturated carbocycles. The van der Waals surface area contributed by atoms with Crippen molar-refractivity contribution < 1.29 is 15.1 Å². The summed E-state index contributed by atoms with van der Waals surface area (Å²) in [5.74, 6) is 0.153. The van der Waals surface area contributed by atoms with Gasteiger partial charge in [0, 0.05) is 25.7 Å². The van der Waals surface area contributed by atoms with Gasteiger partial charge in [-0.15, -0.1) is 0 Å². The molecule has 8 heteroatoms. The summed E-state index contributed by atoms with van der Waals surface area (Å²) in [7, 11) is 0. The summed E-state index contributed by atoms with van der Waals surface area (Å²) in [6, 6.07) is 3.20. The molecule has 0 atom stereocenters. The lowest BCUT2D eigenvalue weighted by molar-refractivity contribution is -0.388. The molecule has 0 radical (unpaired) electrons. The Morgan fingerprint density at radius 2 is 2.16 bits per heavy atom. The second-order valence-corrected chi connectivity index (χ2v) is 3.75. The zero-order chi connectivity index (χ0) is 14.3. The normalized spacial score (nSPS) is 10.3. The van der Waals surface area contributed by atoms with Crippen LogP contribution in [0.25, 0.3) is 0 Å². The molecule has 3 N–H and O–H groups in total. The van der Waals surface area contributed by atoms with Gasteiger partial charge >= 0.3 is 5.82 Å². The summed E-state index contributed by atoms with van der Waals surface area (Å²) >= 11 is 0. The van der Waals surface area contributed by atoms with Crippen LogP contribution in [0.5, 0.6) is 0 Å². The molecule has 19 heavy (non-hydrogen) atoms. The largest absolute Gasteiger partial charge is 0.395 e. The number of hydrogen-bond donors (Lipinski definition) is 3. The Morgan fingerprint density at radius 1 is 1.42 bits per heavy atom. The molecular weight excluding hydrogens is 252 g/mol. The van der Waals surface area contributed by atoms with E-state index >= 15 is 0 Å². The first kappa shape index (κ1) is 15.1. The summed E-state index contributed by atoms with van der Waals surface area (Å²) in [4.78, 5) is 16.1. The number of aliphatic hydroxyl groups excluding tert-OH is 2. The van der Waals surface area contributed by atoms with Crippen molar-refractivity contribution in [1.29, 1.82) is 0 Å². The van der Waals surface area contributed by atoms with Crippen LogP contribution in [0.2, 0.25) is 0 Å². The Morgan fingerprint density at radius 3 is 2.68 bits per heavy atom. The minimum absolute atomic E-state index is 0.0478. The Balaban J connectivity index is 3.03. The van der Waals surface area contributed by atoms with Gasteiger partial charge < -0.3 is 30.5 Å². The van der Waals surface area contributed by atoms with Gasteiger partial charge in [0.1, 0.15) is 5.69 Å². The third-order valence-electron chi connectivity index (χ3n) is 2.54. The average Bonchev–Trinajstić information content (AvgIpc) is 2.42. The standard InChI is InChI=1S/C11H18N4O4/c1-2-14(6-8-17)10-4-3-9(12-5-7-16)11(13-10)15(18)19/h3-4,12,16-17H,2,5-8H2,1H3. The molecule has 0 aliphatic rings. The fourth-order valence-corrected chi connectivity index (χ4v) is 1.64. The molecule has 106 valence electrons. The van der Waals surface area contributed by atoms with E-state index in [2.05, 4.69) is 10.3 Å². The van der Waals surface area contributed by atoms with Crippen LogP contribution in [0.4, 0.5) is 17.3 Å². The highest BCUT2D eigenvalue weighted by Crippen LogP contribution is 2.25. The number of likely N-dealkylation sites (N-methyl/N-ethyl adjacent to an activating group) is 1. The Hall–Kier alpha value is -1.93. The van der Waals surface area contributed by atoms with E-state index in [-0.39, 0.29) is 31.3 Å². The van der Waals surface area contributed by atoms with Gasteiger partial charge in [-0.2, -0.15) is 0 Å². The van der Waals surface area contributed by atoms with Crippen LogP contribution >= 0.6 is 0 Å². The van der Waals surface area contributed by atoms with Gasteiger partial charge in [-0.25, -0.2) is 0 Å². The number of hydrogen-bond acceptors (Lipinski definition) is 7. The highest BCUT2D eigenvalue weighted by Gasteiger charge is 2.20. The van der Waals surface area contributed by atoms with E-state index in [1.165, 1.54) is 0 Å². The first-order valence-electron chi connectivity index (χ1n) is 6.00. The van der Waals surface area contributed by atoms with Gasteiger partial charge in [-0.1, -0.05) is 0 Å². The molecule has 0 saturated heterocycles. The minimum Gasteiger partial charge on any atom is -0.395 e. The average molecular weight is 270 g/mol. The zero-order valence-corrected chi connectivity index (χ0v) is 10.7. The SMILES string of the molecule is CCN(CCO)c1ccc(NCCO)c([N+](=O)[O-])n1. The van der Waals surface area contributed by atoms with Crippen molar-refractivity contribution >= 4 is 17.3 Å². The van der Waals surface area contributed by atoms with E-state index in [1.54, 1.807) is 17.0 Å². The zero-order valence-electron chi connectivity index (χ0n) is 10.7. The number of nitro groups is 1. The van der Waals surface area contributed by atoms with Crippen molar-refractivity contribution in [3.63, 3.8) is 0 Å². The van der Waals surface area contributed by atoms with Crippen LogP contribution in [0.1, 0.15) is 6.92 Å². The number of rotatable bonds is 8. The van der Waals surface area contributed by atoms with Crippen molar-refractivity contribution in [3.8, 4) is 0 Å². The molecule has 1 aromatic rings. The second-order valence-electron chi connectivity index (χ2n) is 3.75. The fraction of sp³-hybridized carbons (Fsp3) is 0.545. The number of pyridine rings is 1. The van der Waals surface area contributed by atoms with E-state index in [0.717, 1.165) is 0 Å². The van der Waals surface area contributed by atoms with Crippen LogP contribution < -0.4 is 10.2 Å². The van der Waals surface area contributed by atoms with Gasteiger partial charge in [0.05, 0.1) is 13.2 Å².